The molecule has 6 nitrogen and oxygen atoms in total. The number of rotatable bonds is 0. The lowest BCUT2D eigenvalue weighted by Crippen LogP contribution is -2.38. The van der Waals surface area contributed by atoms with E-state index in [2.05, 4.69) is 4.90 Å². The number of hydrogen-bond acceptors (Lipinski definition) is 6. The van der Waals surface area contributed by atoms with E-state index >= 15 is 0 Å². The molecule has 6 heteroatoms. The van der Waals surface area contributed by atoms with Crippen LogP contribution in [0.4, 0.5) is 0 Å². The zero-order chi connectivity index (χ0) is 17.2. The van der Waals surface area contributed by atoms with Crippen molar-refractivity contribution < 1.29 is 23.7 Å². The Morgan fingerprint density at radius 3 is 2.72 bits per heavy atom. The van der Waals surface area contributed by atoms with Crippen molar-refractivity contribution in [2.24, 2.45) is 0 Å². The third-order valence-electron chi connectivity index (χ3n) is 5.65. The van der Waals surface area contributed by atoms with Crippen LogP contribution in [0.2, 0.25) is 0 Å². The molecule has 4 aliphatic heterocycles. The van der Waals surface area contributed by atoms with Crippen LogP contribution in [-0.4, -0.2) is 48.6 Å². The topological polar surface area (TPSA) is 57.2 Å². The van der Waals surface area contributed by atoms with E-state index in [-0.39, 0.29) is 30.7 Å². The smallest absolute Gasteiger partial charge is 0.231 e. The molecule has 25 heavy (non-hydrogen) atoms. The van der Waals surface area contributed by atoms with Gasteiger partial charge in [-0.05, 0) is 50.1 Å². The van der Waals surface area contributed by atoms with Crippen molar-refractivity contribution in [3.63, 3.8) is 0 Å². The highest BCUT2D eigenvalue weighted by Gasteiger charge is 2.45. The number of Topliss-reactive ketones (excluding diaryl/α,β-unsaturated/α-hetero) is 1. The number of benzene rings is 1. The summed E-state index contributed by atoms with van der Waals surface area (Å²) in [7, 11) is 0. The number of carbonyl (C=O) groups is 1. The van der Waals surface area contributed by atoms with Gasteiger partial charge in [0.1, 0.15) is 11.9 Å². The Bertz CT molecular complexity index is 731. The maximum atomic E-state index is 13.1. The van der Waals surface area contributed by atoms with Crippen LogP contribution < -0.4 is 9.47 Å². The van der Waals surface area contributed by atoms with Crippen molar-refractivity contribution in [1.82, 2.24) is 4.90 Å². The van der Waals surface area contributed by atoms with Crippen molar-refractivity contribution in [2.45, 2.75) is 57.1 Å². The minimum Gasteiger partial charge on any atom is -0.454 e. The molecule has 1 aromatic rings. The minimum atomic E-state index is -0.625. The molecule has 4 atom stereocenters. The summed E-state index contributed by atoms with van der Waals surface area (Å²) in [5, 5.41) is 0. The zero-order valence-electron chi connectivity index (χ0n) is 14.6. The van der Waals surface area contributed by atoms with Gasteiger partial charge >= 0.3 is 0 Å². The molecule has 0 saturated carbocycles. The van der Waals surface area contributed by atoms with E-state index < -0.39 is 5.79 Å². The molecule has 2 fully saturated rings. The van der Waals surface area contributed by atoms with Crippen molar-refractivity contribution in [3.05, 3.63) is 23.3 Å². The molecule has 0 radical (unpaired) electrons. The van der Waals surface area contributed by atoms with E-state index in [1.807, 2.05) is 26.0 Å². The van der Waals surface area contributed by atoms with E-state index in [4.69, 9.17) is 18.9 Å². The van der Waals surface area contributed by atoms with Crippen LogP contribution in [0.1, 0.15) is 43.7 Å². The molecule has 0 aliphatic carbocycles. The predicted molar refractivity (Wildman–Crippen MR) is 88.6 cm³/mol. The Kier molecular flexibility index (Phi) is 3.39. The largest absolute Gasteiger partial charge is 0.454 e. The number of fused-ring (bicyclic) bond motifs is 7. The second kappa shape index (κ2) is 5.43. The summed E-state index contributed by atoms with van der Waals surface area (Å²) < 4.78 is 23.2. The minimum absolute atomic E-state index is 0.0618. The summed E-state index contributed by atoms with van der Waals surface area (Å²) in [6.07, 6.45) is 1.00. The number of hydrogen-bond donors (Lipinski definition) is 0. The van der Waals surface area contributed by atoms with E-state index in [1.54, 1.807) is 0 Å². The van der Waals surface area contributed by atoms with Crippen LogP contribution in [0.5, 0.6) is 11.5 Å². The van der Waals surface area contributed by atoms with Gasteiger partial charge < -0.3 is 18.9 Å². The first kappa shape index (κ1) is 15.6. The van der Waals surface area contributed by atoms with E-state index in [9.17, 15) is 4.79 Å². The molecule has 2 bridgehead atoms. The molecule has 4 aliphatic rings. The van der Waals surface area contributed by atoms with E-state index in [1.165, 1.54) is 0 Å². The van der Waals surface area contributed by atoms with Gasteiger partial charge in [-0.3, -0.25) is 9.69 Å². The van der Waals surface area contributed by atoms with Gasteiger partial charge in [0.15, 0.2) is 17.3 Å². The fourth-order valence-electron chi connectivity index (χ4n) is 4.57. The zero-order valence-corrected chi connectivity index (χ0v) is 14.6. The number of ketones is 1. The summed E-state index contributed by atoms with van der Waals surface area (Å²) in [6.45, 7) is 6.55. The van der Waals surface area contributed by atoms with Gasteiger partial charge in [-0.15, -0.1) is 0 Å². The molecule has 0 aromatic heterocycles. The lowest BCUT2D eigenvalue weighted by atomic mass is 9.86. The first-order valence-electron chi connectivity index (χ1n) is 9.02. The molecule has 0 amide bonds. The van der Waals surface area contributed by atoms with Gasteiger partial charge in [0.2, 0.25) is 6.79 Å². The summed E-state index contributed by atoms with van der Waals surface area (Å²) in [5.74, 6) is 1.03. The quantitative estimate of drug-likeness (QED) is 0.718. The average Bonchev–Trinajstić information content (AvgIpc) is 3.05. The van der Waals surface area contributed by atoms with Gasteiger partial charge in [0.05, 0.1) is 6.10 Å². The summed E-state index contributed by atoms with van der Waals surface area (Å²) in [5.41, 5.74) is 2.25. The molecule has 0 N–H and O–H groups in total. The van der Waals surface area contributed by atoms with Gasteiger partial charge in [0.25, 0.3) is 0 Å². The normalized spacial score (nSPS) is 35.4. The highest BCUT2D eigenvalue weighted by Crippen LogP contribution is 2.42. The number of nitrogens with zero attached hydrogens (tertiary/aromatic N) is 1. The molecule has 4 heterocycles. The van der Waals surface area contributed by atoms with Crippen LogP contribution in [-0.2, 0) is 20.8 Å². The van der Waals surface area contributed by atoms with Gasteiger partial charge in [-0.25, -0.2) is 0 Å². The highest BCUT2D eigenvalue weighted by atomic mass is 16.8. The third kappa shape index (κ3) is 2.63. The molecule has 1 unspecified atom stereocenters. The molecular weight excluding hydrogens is 322 g/mol. The molecule has 0 spiro atoms. The van der Waals surface area contributed by atoms with Crippen LogP contribution in [0.15, 0.2) is 12.1 Å². The lowest BCUT2D eigenvalue weighted by molar-refractivity contribution is -0.150. The van der Waals surface area contributed by atoms with Crippen molar-refractivity contribution >= 4 is 5.78 Å². The van der Waals surface area contributed by atoms with Crippen LogP contribution in [0.25, 0.3) is 0 Å². The van der Waals surface area contributed by atoms with Crippen molar-refractivity contribution in [1.29, 1.82) is 0 Å². The monoisotopic (exact) mass is 345 g/mol. The van der Waals surface area contributed by atoms with Crippen molar-refractivity contribution in [2.75, 3.05) is 19.9 Å². The SMILES string of the molecule is CC1(C)O[C@@H]2CC(=O)[C@@H]3CCN(Cc4cc5c(cc43)OCO5)C[C@H]2O1. The first-order valence-corrected chi connectivity index (χ1v) is 9.02. The first-order chi connectivity index (χ1) is 12.0. The van der Waals surface area contributed by atoms with Gasteiger partial charge in [0, 0.05) is 25.4 Å². The Morgan fingerprint density at radius 1 is 1.12 bits per heavy atom. The van der Waals surface area contributed by atoms with Crippen LogP contribution in [0.3, 0.4) is 0 Å². The fourth-order valence-corrected chi connectivity index (χ4v) is 4.57. The number of carbonyl (C=O) groups excluding carboxylic acids is 1. The second-order valence-corrected chi connectivity index (χ2v) is 7.86. The van der Waals surface area contributed by atoms with Crippen molar-refractivity contribution in [3.8, 4) is 11.5 Å². The standard InChI is InChI=1S/C19H23NO5/c1-19(2)24-17-7-14(21)12-3-4-20(9-18(17)25-19)8-11-5-15-16(6-13(11)12)23-10-22-15/h5-6,12,17-18H,3-4,7-10H2,1-2H3/t12-,17-,18-/m1/s1. The Morgan fingerprint density at radius 2 is 1.88 bits per heavy atom. The Labute approximate surface area is 147 Å². The van der Waals surface area contributed by atoms with Gasteiger partial charge in [-0.2, -0.15) is 0 Å². The summed E-state index contributed by atoms with van der Waals surface area (Å²) >= 11 is 0. The summed E-state index contributed by atoms with van der Waals surface area (Å²) in [6, 6.07) is 4.06. The maximum Gasteiger partial charge on any atom is 0.231 e. The van der Waals surface area contributed by atoms with Crippen LogP contribution >= 0.6 is 0 Å². The molecule has 5 rings (SSSR count). The maximum absolute atomic E-state index is 13.1. The van der Waals surface area contributed by atoms with Crippen LogP contribution in [0, 0.1) is 0 Å². The highest BCUT2D eigenvalue weighted by molar-refractivity contribution is 5.87. The molecular formula is C19H23NO5. The fraction of sp³-hybridized carbons (Fsp3) is 0.632. The third-order valence-corrected chi connectivity index (χ3v) is 5.65. The second-order valence-electron chi connectivity index (χ2n) is 7.86. The Hall–Kier alpha value is -1.63. The average molecular weight is 345 g/mol. The van der Waals surface area contributed by atoms with E-state index in [0.29, 0.717) is 6.42 Å². The Balaban J connectivity index is 1.55. The molecule has 2 saturated heterocycles. The van der Waals surface area contributed by atoms with E-state index in [0.717, 1.165) is 48.7 Å². The summed E-state index contributed by atoms with van der Waals surface area (Å²) in [4.78, 5) is 15.5. The molecule has 1 aromatic carbocycles. The number of ether oxygens (including phenoxy) is 4. The molecule has 134 valence electrons. The lowest BCUT2D eigenvalue weighted by Gasteiger charge is -2.26. The predicted octanol–water partition coefficient (Wildman–Crippen LogP) is 2.20. The van der Waals surface area contributed by atoms with Gasteiger partial charge in [-0.1, -0.05) is 0 Å².